The summed E-state index contributed by atoms with van der Waals surface area (Å²) in [6.45, 7) is 1.83. The van der Waals surface area contributed by atoms with Crippen molar-refractivity contribution in [2.24, 2.45) is 0 Å². The van der Waals surface area contributed by atoms with Gasteiger partial charge in [-0.05, 0) is 44.3 Å². The van der Waals surface area contributed by atoms with Gasteiger partial charge in [-0.15, -0.1) is 0 Å². The zero-order valence-corrected chi connectivity index (χ0v) is 10.0. The van der Waals surface area contributed by atoms with Crippen LogP contribution in [0, 0.1) is 0 Å². The minimum absolute atomic E-state index is 0.245. The number of hydrogen-bond donors (Lipinski definition) is 1. The van der Waals surface area contributed by atoms with Crippen LogP contribution < -0.4 is 0 Å². The topological polar surface area (TPSA) is 40.5 Å². The van der Waals surface area contributed by atoms with E-state index < -0.39 is 5.97 Å². The summed E-state index contributed by atoms with van der Waals surface area (Å²) >= 11 is 0. The Morgan fingerprint density at radius 1 is 1.35 bits per heavy atom. The van der Waals surface area contributed by atoms with Gasteiger partial charge in [-0.25, -0.2) is 0 Å². The molecule has 1 unspecified atom stereocenters. The number of carboxylic acids is 1. The molecule has 3 nitrogen and oxygen atoms in total. The Morgan fingerprint density at radius 3 is 2.82 bits per heavy atom. The number of benzene rings is 1. The van der Waals surface area contributed by atoms with Crippen molar-refractivity contribution in [2.45, 2.75) is 31.7 Å². The minimum Gasteiger partial charge on any atom is -0.480 e. The Labute approximate surface area is 102 Å². The maximum absolute atomic E-state index is 11.0. The third-order valence-corrected chi connectivity index (χ3v) is 3.40. The zero-order valence-electron chi connectivity index (χ0n) is 10.0. The number of hydrogen-bond acceptors (Lipinski definition) is 2. The first kappa shape index (κ1) is 12.1. The van der Waals surface area contributed by atoms with E-state index in [9.17, 15) is 4.79 Å². The molecule has 92 valence electrons. The molecule has 1 saturated heterocycles. The Balaban J connectivity index is 1.77. The second-order valence-corrected chi connectivity index (χ2v) is 4.62. The van der Waals surface area contributed by atoms with E-state index >= 15 is 0 Å². The van der Waals surface area contributed by atoms with Crippen LogP contribution >= 0.6 is 0 Å². The lowest BCUT2D eigenvalue weighted by Crippen LogP contribution is -2.36. The summed E-state index contributed by atoms with van der Waals surface area (Å²) in [4.78, 5) is 13.1. The summed E-state index contributed by atoms with van der Waals surface area (Å²) in [6, 6.07) is 10.1. The van der Waals surface area contributed by atoms with Crippen molar-refractivity contribution in [3.05, 3.63) is 35.9 Å². The van der Waals surface area contributed by atoms with E-state index in [1.54, 1.807) is 0 Å². The van der Waals surface area contributed by atoms with Gasteiger partial charge in [0.2, 0.25) is 0 Å². The van der Waals surface area contributed by atoms with Crippen molar-refractivity contribution in [3.63, 3.8) is 0 Å². The third-order valence-electron chi connectivity index (χ3n) is 3.40. The molecule has 0 bridgehead atoms. The zero-order chi connectivity index (χ0) is 12.1. The highest BCUT2D eigenvalue weighted by atomic mass is 16.4. The lowest BCUT2D eigenvalue weighted by Gasteiger charge is -2.20. The van der Waals surface area contributed by atoms with E-state index in [0.717, 1.165) is 38.8 Å². The number of carboxylic acid groups (broad SMARTS) is 1. The minimum atomic E-state index is -0.665. The molecule has 0 amide bonds. The second kappa shape index (κ2) is 5.82. The highest BCUT2D eigenvalue weighted by Crippen LogP contribution is 2.18. The Hall–Kier alpha value is -1.35. The molecule has 1 fully saturated rings. The number of carbonyl (C=O) groups is 1. The van der Waals surface area contributed by atoms with E-state index in [1.807, 2.05) is 18.2 Å². The first-order valence-electron chi connectivity index (χ1n) is 6.28. The molecule has 0 saturated carbocycles. The van der Waals surface area contributed by atoms with E-state index in [-0.39, 0.29) is 6.04 Å². The quantitative estimate of drug-likeness (QED) is 0.847. The van der Waals surface area contributed by atoms with Crippen LogP contribution in [0.15, 0.2) is 30.3 Å². The van der Waals surface area contributed by atoms with Crippen LogP contribution in [0.3, 0.4) is 0 Å². The van der Waals surface area contributed by atoms with Gasteiger partial charge < -0.3 is 5.11 Å². The monoisotopic (exact) mass is 233 g/mol. The van der Waals surface area contributed by atoms with Gasteiger partial charge in [0.25, 0.3) is 0 Å². The van der Waals surface area contributed by atoms with Crippen LogP contribution in [0.5, 0.6) is 0 Å². The second-order valence-electron chi connectivity index (χ2n) is 4.62. The number of aryl methyl sites for hydroxylation is 1. The maximum Gasteiger partial charge on any atom is 0.320 e. The van der Waals surface area contributed by atoms with E-state index in [0.29, 0.717) is 0 Å². The van der Waals surface area contributed by atoms with Gasteiger partial charge in [-0.2, -0.15) is 0 Å². The first-order chi connectivity index (χ1) is 8.27. The Morgan fingerprint density at radius 2 is 2.12 bits per heavy atom. The maximum atomic E-state index is 11.0. The average molecular weight is 233 g/mol. The molecule has 0 aliphatic carbocycles. The van der Waals surface area contributed by atoms with Crippen LogP contribution in [-0.2, 0) is 11.2 Å². The fourth-order valence-electron chi connectivity index (χ4n) is 2.50. The van der Waals surface area contributed by atoms with Gasteiger partial charge in [0.15, 0.2) is 0 Å². The summed E-state index contributed by atoms with van der Waals surface area (Å²) in [5.74, 6) is -0.665. The summed E-state index contributed by atoms with van der Waals surface area (Å²) in [5.41, 5.74) is 1.33. The molecule has 17 heavy (non-hydrogen) atoms. The lowest BCUT2D eigenvalue weighted by atomic mass is 10.1. The van der Waals surface area contributed by atoms with Crippen LogP contribution in [0.4, 0.5) is 0 Å². The van der Waals surface area contributed by atoms with Gasteiger partial charge in [0.05, 0.1) is 0 Å². The SMILES string of the molecule is O=C(O)C1CCCN1CCCc1ccccc1. The Bertz CT molecular complexity index is 364. The van der Waals surface area contributed by atoms with Crippen molar-refractivity contribution in [3.8, 4) is 0 Å². The molecule has 0 radical (unpaired) electrons. The molecule has 3 heteroatoms. The number of likely N-dealkylation sites (tertiary alicyclic amines) is 1. The summed E-state index contributed by atoms with van der Waals surface area (Å²) in [5, 5.41) is 9.06. The van der Waals surface area contributed by atoms with Crippen LogP contribution in [0.1, 0.15) is 24.8 Å². The van der Waals surface area contributed by atoms with Crippen LogP contribution in [0.25, 0.3) is 0 Å². The third kappa shape index (κ3) is 3.30. The van der Waals surface area contributed by atoms with Crippen molar-refractivity contribution < 1.29 is 9.90 Å². The molecule has 2 rings (SSSR count). The predicted molar refractivity (Wildman–Crippen MR) is 67.0 cm³/mol. The molecule has 0 aromatic heterocycles. The average Bonchev–Trinajstić information content (AvgIpc) is 2.79. The van der Waals surface area contributed by atoms with Crippen LogP contribution in [-0.4, -0.2) is 35.1 Å². The molecule has 0 spiro atoms. The van der Waals surface area contributed by atoms with Crippen molar-refractivity contribution in [1.29, 1.82) is 0 Å². The van der Waals surface area contributed by atoms with Gasteiger partial charge in [0.1, 0.15) is 6.04 Å². The van der Waals surface area contributed by atoms with Gasteiger partial charge in [-0.1, -0.05) is 30.3 Å². The molecule has 1 aromatic rings. The number of aliphatic carboxylic acids is 1. The standard InChI is InChI=1S/C14H19NO2/c16-14(17)13-9-5-11-15(13)10-4-8-12-6-2-1-3-7-12/h1-3,6-7,13H,4-5,8-11H2,(H,16,17). The number of rotatable bonds is 5. The number of nitrogens with zero attached hydrogens (tertiary/aromatic N) is 1. The molecule has 1 aliphatic heterocycles. The van der Waals surface area contributed by atoms with E-state index in [2.05, 4.69) is 17.0 Å². The summed E-state index contributed by atoms with van der Waals surface area (Å²) in [7, 11) is 0. The molecule has 1 heterocycles. The largest absolute Gasteiger partial charge is 0.480 e. The smallest absolute Gasteiger partial charge is 0.320 e. The lowest BCUT2D eigenvalue weighted by molar-refractivity contribution is -0.142. The van der Waals surface area contributed by atoms with Gasteiger partial charge >= 0.3 is 5.97 Å². The molecule has 1 N–H and O–H groups in total. The molecule has 1 aliphatic rings. The summed E-state index contributed by atoms with van der Waals surface area (Å²) in [6.07, 6.45) is 3.89. The van der Waals surface area contributed by atoms with E-state index in [4.69, 9.17) is 5.11 Å². The van der Waals surface area contributed by atoms with Crippen LogP contribution in [0.2, 0.25) is 0 Å². The van der Waals surface area contributed by atoms with Gasteiger partial charge in [0, 0.05) is 0 Å². The van der Waals surface area contributed by atoms with Crippen molar-refractivity contribution >= 4 is 5.97 Å². The molecular weight excluding hydrogens is 214 g/mol. The molecule has 1 aromatic carbocycles. The highest BCUT2D eigenvalue weighted by molar-refractivity contribution is 5.73. The normalized spacial score (nSPS) is 20.6. The molecular formula is C14H19NO2. The van der Waals surface area contributed by atoms with Gasteiger partial charge in [-0.3, -0.25) is 9.69 Å². The van der Waals surface area contributed by atoms with E-state index in [1.165, 1.54) is 5.56 Å². The first-order valence-corrected chi connectivity index (χ1v) is 6.28. The van der Waals surface area contributed by atoms with Crippen molar-refractivity contribution in [1.82, 2.24) is 4.90 Å². The Kier molecular flexibility index (Phi) is 4.15. The molecule has 1 atom stereocenters. The van der Waals surface area contributed by atoms with Crippen molar-refractivity contribution in [2.75, 3.05) is 13.1 Å². The highest BCUT2D eigenvalue weighted by Gasteiger charge is 2.29. The fraction of sp³-hybridized carbons (Fsp3) is 0.500. The predicted octanol–water partition coefficient (Wildman–Crippen LogP) is 2.17. The fourth-order valence-corrected chi connectivity index (χ4v) is 2.50. The summed E-state index contributed by atoms with van der Waals surface area (Å²) < 4.78 is 0.